The summed E-state index contributed by atoms with van der Waals surface area (Å²) in [6, 6.07) is 6.77. The van der Waals surface area contributed by atoms with Crippen molar-refractivity contribution in [2.24, 2.45) is 0 Å². The molecule has 0 spiro atoms. The zero-order chi connectivity index (χ0) is 17.4. The first kappa shape index (κ1) is 18.3. The summed E-state index contributed by atoms with van der Waals surface area (Å²) in [4.78, 5) is 23.5. The summed E-state index contributed by atoms with van der Waals surface area (Å²) < 4.78 is 10.6. The Morgan fingerprint density at radius 3 is 2.75 bits per heavy atom. The van der Waals surface area contributed by atoms with Crippen molar-refractivity contribution < 1.29 is 19.1 Å². The minimum atomic E-state index is -0.385. The highest BCUT2D eigenvalue weighted by Gasteiger charge is 2.23. The topological polar surface area (TPSA) is 76.7 Å². The Balaban J connectivity index is 1.58. The van der Waals surface area contributed by atoms with Crippen LogP contribution in [0.4, 0.5) is 0 Å². The van der Waals surface area contributed by atoms with E-state index in [1.807, 2.05) is 0 Å². The van der Waals surface area contributed by atoms with E-state index in [-0.39, 0.29) is 24.5 Å². The highest BCUT2D eigenvalue weighted by Crippen LogP contribution is 2.15. The van der Waals surface area contributed by atoms with Crippen LogP contribution >= 0.6 is 11.6 Å². The summed E-state index contributed by atoms with van der Waals surface area (Å²) in [6.45, 7) is 4.68. The molecule has 1 fully saturated rings. The summed E-state index contributed by atoms with van der Waals surface area (Å²) in [7, 11) is 0. The van der Waals surface area contributed by atoms with Gasteiger partial charge < -0.3 is 20.1 Å². The van der Waals surface area contributed by atoms with Crippen LogP contribution < -0.4 is 15.4 Å². The molecule has 0 saturated carbocycles. The first-order valence-corrected chi connectivity index (χ1v) is 8.17. The number of ether oxygens (including phenoxy) is 2. The Kier molecular flexibility index (Phi) is 7.08. The molecule has 1 saturated heterocycles. The quantitative estimate of drug-likeness (QED) is 0.750. The first-order valence-electron chi connectivity index (χ1n) is 7.80. The minimum absolute atomic E-state index is 0.0869. The summed E-state index contributed by atoms with van der Waals surface area (Å²) in [5, 5.41) is 6.02. The highest BCUT2D eigenvalue weighted by atomic mass is 35.5. The predicted octanol–water partition coefficient (Wildman–Crippen LogP) is 2.03. The van der Waals surface area contributed by atoms with Gasteiger partial charge >= 0.3 is 0 Å². The van der Waals surface area contributed by atoms with E-state index in [4.69, 9.17) is 21.1 Å². The van der Waals surface area contributed by atoms with Gasteiger partial charge in [-0.15, -0.1) is 0 Å². The van der Waals surface area contributed by atoms with Crippen LogP contribution in [0.25, 0.3) is 0 Å². The molecule has 1 atom stereocenters. The van der Waals surface area contributed by atoms with E-state index in [0.717, 1.165) is 12.8 Å². The van der Waals surface area contributed by atoms with Crippen molar-refractivity contribution in [3.05, 3.63) is 41.6 Å². The first-order chi connectivity index (χ1) is 11.5. The fourth-order valence-electron chi connectivity index (χ4n) is 2.19. The number of halogens is 1. The molecule has 1 aliphatic rings. The van der Waals surface area contributed by atoms with Gasteiger partial charge in [0.2, 0.25) is 0 Å². The molecule has 1 aromatic rings. The summed E-state index contributed by atoms with van der Waals surface area (Å²) in [5.41, 5.74) is 0.550. The fourth-order valence-corrected chi connectivity index (χ4v) is 2.31. The number of amides is 2. The Morgan fingerprint density at radius 2 is 2.08 bits per heavy atom. The van der Waals surface area contributed by atoms with Crippen molar-refractivity contribution >= 4 is 23.4 Å². The third-order valence-corrected chi connectivity index (χ3v) is 3.71. The van der Waals surface area contributed by atoms with Gasteiger partial charge in [-0.3, -0.25) is 9.59 Å². The van der Waals surface area contributed by atoms with Crippen molar-refractivity contribution in [3.8, 4) is 5.75 Å². The number of nitrogens with one attached hydrogen (secondary N) is 2. The summed E-state index contributed by atoms with van der Waals surface area (Å²) in [5.74, 6) is 0.154. The average Bonchev–Trinajstić information content (AvgIpc) is 3.09. The summed E-state index contributed by atoms with van der Waals surface area (Å²) >= 11 is 5.77. The number of rotatable bonds is 8. The molecule has 130 valence electrons. The fraction of sp³-hybridized carbons (Fsp3) is 0.412. The lowest BCUT2D eigenvalue weighted by Gasteiger charge is -2.13. The molecule has 24 heavy (non-hydrogen) atoms. The Hall–Kier alpha value is -2.05. The average molecular weight is 353 g/mol. The molecule has 2 rings (SSSR count). The van der Waals surface area contributed by atoms with Gasteiger partial charge in [-0.1, -0.05) is 18.2 Å². The predicted molar refractivity (Wildman–Crippen MR) is 90.8 cm³/mol. The van der Waals surface area contributed by atoms with E-state index >= 15 is 0 Å². The number of benzene rings is 1. The number of hydrogen-bond donors (Lipinski definition) is 2. The SMILES string of the molecule is C=C(CCNC(=O)COc1ccc(Cl)cc1)NC(=O)C1CCCO1. The van der Waals surface area contributed by atoms with E-state index in [2.05, 4.69) is 17.2 Å². The third kappa shape index (κ3) is 6.22. The molecular formula is C17H21ClN2O4. The second-order valence-electron chi connectivity index (χ2n) is 5.44. The number of carbonyl (C=O) groups excluding carboxylic acids is 2. The van der Waals surface area contributed by atoms with E-state index < -0.39 is 0 Å². The van der Waals surface area contributed by atoms with Crippen LogP contribution in [0.1, 0.15) is 19.3 Å². The van der Waals surface area contributed by atoms with Gasteiger partial charge in [0.05, 0.1) is 0 Å². The Morgan fingerprint density at radius 1 is 1.33 bits per heavy atom. The van der Waals surface area contributed by atoms with Gasteiger partial charge in [-0.2, -0.15) is 0 Å². The lowest BCUT2D eigenvalue weighted by Crippen LogP contribution is -2.35. The molecule has 7 heteroatoms. The largest absolute Gasteiger partial charge is 0.484 e. The van der Waals surface area contributed by atoms with Gasteiger partial charge in [0.25, 0.3) is 11.8 Å². The molecule has 1 aliphatic heterocycles. The number of carbonyl (C=O) groups is 2. The maximum absolute atomic E-state index is 11.8. The normalized spacial score (nSPS) is 16.5. The van der Waals surface area contributed by atoms with Crippen molar-refractivity contribution in [3.63, 3.8) is 0 Å². The van der Waals surface area contributed by atoms with Gasteiger partial charge in [-0.05, 0) is 37.1 Å². The van der Waals surface area contributed by atoms with Crippen LogP contribution in [0.3, 0.4) is 0 Å². The van der Waals surface area contributed by atoms with Crippen LogP contribution in [0.15, 0.2) is 36.5 Å². The van der Waals surface area contributed by atoms with E-state index in [9.17, 15) is 9.59 Å². The highest BCUT2D eigenvalue weighted by molar-refractivity contribution is 6.30. The van der Waals surface area contributed by atoms with Crippen LogP contribution in [-0.4, -0.2) is 37.7 Å². The van der Waals surface area contributed by atoms with Crippen LogP contribution in [0, 0.1) is 0 Å². The minimum Gasteiger partial charge on any atom is -0.484 e. The lowest BCUT2D eigenvalue weighted by atomic mass is 10.2. The molecule has 6 nitrogen and oxygen atoms in total. The molecule has 1 heterocycles. The molecule has 2 N–H and O–H groups in total. The van der Waals surface area contributed by atoms with E-state index in [1.54, 1.807) is 24.3 Å². The van der Waals surface area contributed by atoms with Crippen molar-refractivity contribution in [2.45, 2.75) is 25.4 Å². The van der Waals surface area contributed by atoms with Gasteiger partial charge in [0.15, 0.2) is 6.61 Å². The second-order valence-corrected chi connectivity index (χ2v) is 5.87. The smallest absolute Gasteiger partial charge is 0.257 e. The molecule has 0 radical (unpaired) electrons. The molecule has 1 unspecified atom stereocenters. The van der Waals surface area contributed by atoms with Crippen molar-refractivity contribution in [1.82, 2.24) is 10.6 Å². The molecule has 0 aromatic heterocycles. The lowest BCUT2D eigenvalue weighted by molar-refractivity contribution is -0.129. The van der Waals surface area contributed by atoms with Crippen molar-refractivity contribution in [1.29, 1.82) is 0 Å². The third-order valence-electron chi connectivity index (χ3n) is 3.45. The Labute approximate surface area is 146 Å². The van der Waals surface area contributed by atoms with Crippen LogP contribution in [0.2, 0.25) is 5.02 Å². The molecule has 0 aliphatic carbocycles. The Bertz CT molecular complexity index is 583. The standard InChI is InChI=1S/C17H21ClN2O4/c1-12(20-17(22)15-3-2-10-23-15)8-9-19-16(21)11-24-14-6-4-13(18)5-7-14/h4-7,15H,1-3,8-11H2,(H,19,21)(H,20,22). The molecular weight excluding hydrogens is 332 g/mol. The maximum Gasteiger partial charge on any atom is 0.257 e. The molecule has 0 bridgehead atoms. The molecule has 1 aromatic carbocycles. The zero-order valence-corrected chi connectivity index (χ0v) is 14.1. The molecule has 2 amide bonds. The van der Waals surface area contributed by atoms with Gasteiger partial charge in [0.1, 0.15) is 11.9 Å². The van der Waals surface area contributed by atoms with Crippen molar-refractivity contribution in [2.75, 3.05) is 19.8 Å². The maximum atomic E-state index is 11.8. The number of hydrogen-bond acceptors (Lipinski definition) is 4. The van der Waals surface area contributed by atoms with Gasteiger partial charge in [-0.25, -0.2) is 0 Å². The van der Waals surface area contributed by atoms with E-state index in [0.29, 0.717) is 36.0 Å². The van der Waals surface area contributed by atoms with Gasteiger partial charge in [0, 0.05) is 30.3 Å². The second kappa shape index (κ2) is 9.30. The van der Waals surface area contributed by atoms with Crippen LogP contribution in [-0.2, 0) is 14.3 Å². The monoisotopic (exact) mass is 352 g/mol. The van der Waals surface area contributed by atoms with E-state index in [1.165, 1.54) is 0 Å². The van der Waals surface area contributed by atoms with Crippen LogP contribution in [0.5, 0.6) is 5.75 Å². The zero-order valence-electron chi connectivity index (χ0n) is 13.3. The summed E-state index contributed by atoms with van der Waals surface area (Å²) in [6.07, 6.45) is 1.70.